The second kappa shape index (κ2) is 4.56. The summed E-state index contributed by atoms with van der Waals surface area (Å²) in [6, 6.07) is 8.57. The van der Waals surface area contributed by atoms with Gasteiger partial charge in [-0.05, 0) is 36.3 Å². The van der Waals surface area contributed by atoms with Gasteiger partial charge in [-0.15, -0.1) is 0 Å². The summed E-state index contributed by atoms with van der Waals surface area (Å²) in [6.07, 6.45) is 0.479. The van der Waals surface area contributed by atoms with Crippen molar-refractivity contribution in [1.82, 2.24) is 5.32 Å². The largest absolute Gasteiger partial charge is 0.479 e. The molecule has 5 nitrogen and oxygen atoms in total. The van der Waals surface area contributed by atoms with Gasteiger partial charge >= 0.3 is 5.97 Å². The number of carbonyl (C=O) groups excluding carboxylic acids is 1. The van der Waals surface area contributed by atoms with E-state index >= 15 is 0 Å². The van der Waals surface area contributed by atoms with E-state index in [2.05, 4.69) is 23.5 Å². The van der Waals surface area contributed by atoms with E-state index in [1.165, 1.54) is 11.1 Å². The highest BCUT2D eigenvalue weighted by atomic mass is 16.5. The summed E-state index contributed by atoms with van der Waals surface area (Å²) in [5, 5.41) is 11.9. The van der Waals surface area contributed by atoms with Crippen LogP contribution in [-0.2, 0) is 20.7 Å². The number of amides is 1. The number of aliphatic carboxylic acids is 1. The molecule has 2 aliphatic carbocycles. The monoisotopic (exact) mass is 287 g/mol. The quantitative estimate of drug-likeness (QED) is 0.872. The van der Waals surface area contributed by atoms with Crippen LogP contribution in [0.1, 0.15) is 29.9 Å². The molecule has 110 valence electrons. The van der Waals surface area contributed by atoms with Crippen LogP contribution in [0, 0.1) is 5.92 Å². The third-order valence-corrected chi connectivity index (χ3v) is 4.93. The topological polar surface area (TPSA) is 75.6 Å². The number of benzene rings is 1. The molecule has 1 aromatic carbocycles. The van der Waals surface area contributed by atoms with Crippen LogP contribution >= 0.6 is 0 Å². The Labute approximate surface area is 122 Å². The van der Waals surface area contributed by atoms with Crippen molar-refractivity contribution in [2.75, 3.05) is 0 Å². The summed E-state index contributed by atoms with van der Waals surface area (Å²) in [5.74, 6) is -0.206. The molecule has 2 N–H and O–H groups in total. The Kier molecular flexibility index (Phi) is 2.79. The average Bonchev–Trinajstić information content (AvgIpc) is 2.89. The molecule has 0 radical (unpaired) electrons. The maximum Gasteiger partial charge on any atom is 0.332 e. The summed E-state index contributed by atoms with van der Waals surface area (Å²) in [7, 11) is 0. The molecule has 5 atom stereocenters. The summed E-state index contributed by atoms with van der Waals surface area (Å²) in [5.41, 5.74) is 2.74. The maximum absolute atomic E-state index is 12.2. The molecule has 2 fully saturated rings. The second-order valence-electron chi connectivity index (χ2n) is 6.16. The van der Waals surface area contributed by atoms with E-state index < -0.39 is 18.2 Å². The first-order valence-electron chi connectivity index (χ1n) is 7.41. The minimum Gasteiger partial charge on any atom is -0.479 e. The predicted molar refractivity (Wildman–Crippen MR) is 73.8 cm³/mol. The van der Waals surface area contributed by atoms with Crippen LogP contribution in [0.15, 0.2) is 24.3 Å². The van der Waals surface area contributed by atoms with Gasteiger partial charge in [0.2, 0.25) is 5.91 Å². The summed E-state index contributed by atoms with van der Waals surface area (Å²) in [6.45, 7) is 0. The van der Waals surface area contributed by atoms with Crippen LogP contribution < -0.4 is 5.32 Å². The van der Waals surface area contributed by atoms with Gasteiger partial charge in [0.05, 0.1) is 0 Å². The predicted octanol–water partition coefficient (Wildman–Crippen LogP) is 1.07. The summed E-state index contributed by atoms with van der Waals surface area (Å²) in [4.78, 5) is 23.0. The number of fused-ring (bicyclic) bond motifs is 3. The number of rotatable bonds is 3. The van der Waals surface area contributed by atoms with E-state index in [4.69, 9.17) is 9.84 Å². The van der Waals surface area contributed by atoms with Crippen LogP contribution in [-0.4, -0.2) is 35.2 Å². The molecule has 4 rings (SSSR count). The molecule has 1 aliphatic heterocycles. The third kappa shape index (κ3) is 2.03. The second-order valence-corrected chi connectivity index (χ2v) is 6.16. The van der Waals surface area contributed by atoms with Gasteiger partial charge in [-0.3, -0.25) is 4.79 Å². The number of hydrogen-bond donors (Lipinski definition) is 2. The number of nitrogens with one attached hydrogen (secondary N) is 1. The lowest BCUT2D eigenvalue weighted by Gasteiger charge is -2.13. The van der Waals surface area contributed by atoms with E-state index in [0.717, 1.165) is 6.42 Å². The van der Waals surface area contributed by atoms with Gasteiger partial charge in [0.25, 0.3) is 0 Å². The van der Waals surface area contributed by atoms with Crippen LogP contribution in [0.3, 0.4) is 0 Å². The fourth-order valence-electron chi connectivity index (χ4n) is 3.82. The zero-order valence-corrected chi connectivity index (χ0v) is 11.5. The highest BCUT2D eigenvalue weighted by Crippen LogP contribution is 2.56. The third-order valence-electron chi connectivity index (χ3n) is 4.93. The number of carboxylic acid groups (broad SMARTS) is 1. The molecular formula is C16H17NO4. The van der Waals surface area contributed by atoms with Crippen molar-refractivity contribution in [3.8, 4) is 0 Å². The molecule has 1 aromatic rings. The molecule has 0 bridgehead atoms. The van der Waals surface area contributed by atoms with Gasteiger partial charge in [0.1, 0.15) is 6.10 Å². The lowest BCUT2D eigenvalue weighted by Crippen LogP contribution is -2.38. The molecule has 1 amide bonds. The Morgan fingerprint density at radius 1 is 1.19 bits per heavy atom. The zero-order valence-electron chi connectivity index (χ0n) is 11.5. The molecule has 1 saturated carbocycles. The number of carboxylic acids is 1. The molecule has 5 heteroatoms. The first-order chi connectivity index (χ1) is 10.1. The smallest absolute Gasteiger partial charge is 0.332 e. The van der Waals surface area contributed by atoms with E-state index in [-0.39, 0.29) is 11.9 Å². The maximum atomic E-state index is 12.2. The fraction of sp³-hybridized carbons (Fsp3) is 0.500. The van der Waals surface area contributed by atoms with Crippen molar-refractivity contribution < 1.29 is 19.4 Å². The summed E-state index contributed by atoms with van der Waals surface area (Å²) < 4.78 is 5.29. The van der Waals surface area contributed by atoms with Crippen LogP contribution in [0.5, 0.6) is 0 Å². The average molecular weight is 287 g/mol. The van der Waals surface area contributed by atoms with Gasteiger partial charge in [-0.2, -0.15) is 0 Å². The van der Waals surface area contributed by atoms with Crippen LogP contribution in [0.4, 0.5) is 0 Å². The number of ether oxygens (including phenoxy) is 1. The fourth-order valence-corrected chi connectivity index (χ4v) is 3.82. The Morgan fingerprint density at radius 3 is 2.71 bits per heavy atom. The Morgan fingerprint density at radius 2 is 1.95 bits per heavy atom. The highest BCUT2D eigenvalue weighted by molar-refractivity contribution is 5.83. The van der Waals surface area contributed by atoms with Crippen LogP contribution in [0.2, 0.25) is 0 Å². The molecule has 3 aliphatic rings. The van der Waals surface area contributed by atoms with Crippen molar-refractivity contribution in [2.24, 2.45) is 5.92 Å². The lowest BCUT2D eigenvalue weighted by molar-refractivity contribution is -0.151. The van der Waals surface area contributed by atoms with E-state index in [9.17, 15) is 9.59 Å². The van der Waals surface area contributed by atoms with Crippen LogP contribution in [0.25, 0.3) is 0 Å². The molecule has 3 unspecified atom stereocenters. The Balaban J connectivity index is 1.37. The highest BCUT2D eigenvalue weighted by Gasteiger charge is 2.56. The van der Waals surface area contributed by atoms with E-state index in [1.807, 2.05) is 6.07 Å². The lowest BCUT2D eigenvalue weighted by atomic mass is 10.1. The normalized spacial score (nSPS) is 35.9. The minimum absolute atomic E-state index is 0.157. The SMILES string of the molecule is O=C(NC1C2Cc3ccccc3C21)[C@@H]1CC[C@H](C(=O)O)O1. The summed E-state index contributed by atoms with van der Waals surface area (Å²) >= 11 is 0. The van der Waals surface area contributed by atoms with Gasteiger partial charge in [-0.25, -0.2) is 4.79 Å². The van der Waals surface area contributed by atoms with Crippen molar-refractivity contribution in [1.29, 1.82) is 0 Å². The van der Waals surface area contributed by atoms with E-state index in [1.54, 1.807) is 0 Å². The Hall–Kier alpha value is -1.88. The first kappa shape index (κ1) is 12.8. The number of carbonyl (C=O) groups is 2. The van der Waals surface area contributed by atoms with E-state index in [0.29, 0.717) is 24.7 Å². The molecule has 1 heterocycles. The standard InChI is InChI=1S/C16H17NO4/c18-15(11-5-6-12(21-11)16(19)20)17-14-10-7-8-3-1-2-4-9(8)13(10)14/h1-4,10-14H,5-7H2,(H,17,18)(H,19,20)/t10?,11-,12+,13?,14?/m0/s1. The van der Waals surface area contributed by atoms with Crippen molar-refractivity contribution >= 4 is 11.9 Å². The first-order valence-corrected chi connectivity index (χ1v) is 7.41. The van der Waals surface area contributed by atoms with Crippen molar-refractivity contribution in [3.05, 3.63) is 35.4 Å². The zero-order chi connectivity index (χ0) is 14.6. The van der Waals surface area contributed by atoms with Gasteiger partial charge < -0.3 is 15.2 Å². The van der Waals surface area contributed by atoms with Gasteiger partial charge in [-0.1, -0.05) is 24.3 Å². The van der Waals surface area contributed by atoms with Gasteiger partial charge in [0, 0.05) is 12.0 Å². The molecular weight excluding hydrogens is 270 g/mol. The van der Waals surface area contributed by atoms with Gasteiger partial charge in [0.15, 0.2) is 6.10 Å². The minimum atomic E-state index is -0.984. The molecule has 0 aromatic heterocycles. The molecule has 0 spiro atoms. The number of hydrogen-bond acceptors (Lipinski definition) is 3. The molecule has 1 saturated heterocycles. The van der Waals surface area contributed by atoms with Crippen molar-refractivity contribution in [2.45, 2.75) is 43.4 Å². The molecule has 21 heavy (non-hydrogen) atoms. The van der Waals surface area contributed by atoms with Crippen molar-refractivity contribution in [3.63, 3.8) is 0 Å². The Bertz CT molecular complexity index is 614.